The van der Waals surface area contributed by atoms with Crippen LogP contribution in [0.3, 0.4) is 0 Å². The third kappa shape index (κ3) is 5.40. The van der Waals surface area contributed by atoms with Crippen molar-refractivity contribution in [3.05, 3.63) is 22.2 Å². The van der Waals surface area contributed by atoms with Crippen LogP contribution in [-0.4, -0.2) is 36.2 Å². The van der Waals surface area contributed by atoms with Crippen LogP contribution in [0.4, 0.5) is 17.3 Å². The van der Waals surface area contributed by atoms with Crippen LogP contribution in [0.25, 0.3) is 0 Å². The quantitative estimate of drug-likeness (QED) is 0.389. The molecule has 0 aliphatic heterocycles. The normalized spacial score (nSPS) is 10.3. The largest absolute Gasteiger partial charge is 0.382 e. The number of nitrogens with zero attached hydrogens (tertiary/aromatic N) is 2. The van der Waals surface area contributed by atoms with E-state index in [1.54, 1.807) is 6.07 Å². The molecule has 1 rings (SSSR count). The van der Waals surface area contributed by atoms with E-state index in [9.17, 15) is 10.1 Å². The number of nitro groups is 1. The average molecular weight is 282 g/mol. The Hall–Kier alpha value is -1.89. The summed E-state index contributed by atoms with van der Waals surface area (Å²) in [5, 5.41) is 17.1. The predicted octanol–water partition coefficient (Wildman–Crippen LogP) is 2.65. The Morgan fingerprint density at radius 2 is 2.10 bits per heavy atom. The van der Waals surface area contributed by atoms with Crippen molar-refractivity contribution in [2.75, 3.05) is 36.9 Å². The minimum atomic E-state index is -0.429. The lowest BCUT2D eigenvalue weighted by Crippen LogP contribution is -2.10. The molecule has 1 aromatic rings. The van der Waals surface area contributed by atoms with Crippen molar-refractivity contribution in [1.29, 1.82) is 0 Å². The van der Waals surface area contributed by atoms with Gasteiger partial charge in [0, 0.05) is 32.4 Å². The molecule has 0 saturated carbocycles. The number of ether oxygens (including phenoxy) is 1. The van der Waals surface area contributed by atoms with Crippen molar-refractivity contribution in [3.63, 3.8) is 0 Å². The van der Waals surface area contributed by atoms with E-state index in [0.29, 0.717) is 31.4 Å². The standard InChI is InChI=1S/C13H22N4O3/c1-3-8-14-12-7-6-11(17(18)19)13(16-12)15-9-5-10-20-4-2/h6-7H,3-5,8-10H2,1-2H3,(H2,14,15,16). The molecule has 0 aliphatic rings. The van der Waals surface area contributed by atoms with Crippen molar-refractivity contribution in [1.82, 2.24) is 4.98 Å². The molecule has 0 unspecified atom stereocenters. The number of aromatic nitrogens is 1. The van der Waals surface area contributed by atoms with Gasteiger partial charge in [-0.05, 0) is 25.8 Å². The van der Waals surface area contributed by atoms with Crippen LogP contribution in [-0.2, 0) is 4.74 Å². The van der Waals surface area contributed by atoms with Crippen LogP contribution >= 0.6 is 0 Å². The number of rotatable bonds is 10. The van der Waals surface area contributed by atoms with E-state index in [1.807, 2.05) is 13.8 Å². The van der Waals surface area contributed by atoms with Crippen LogP contribution in [0, 0.1) is 10.1 Å². The van der Waals surface area contributed by atoms with Gasteiger partial charge in [-0.15, -0.1) is 0 Å². The van der Waals surface area contributed by atoms with Gasteiger partial charge in [0.05, 0.1) is 4.92 Å². The Morgan fingerprint density at radius 1 is 1.30 bits per heavy atom. The van der Waals surface area contributed by atoms with Gasteiger partial charge in [-0.3, -0.25) is 10.1 Å². The van der Waals surface area contributed by atoms with E-state index < -0.39 is 4.92 Å². The Bertz CT molecular complexity index is 426. The second-order valence-electron chi connectivity index (χ2n) is 4.23. The highest BCUT2D eigenvalue weighted by Crippen LogP contribution is 2.23. The van der Waals surface area contributed by atoms with Crippen molar-refractivity contribution in [2.24, 2.45) is 0 Å². The summed E-state index contributed by atoms with van der Waals surface area (Å²) in [7, 11) is 0. The maximum Gasteiger partial charge on any atom is 0.311 e. The Morgan fingerprint density at radius 3 is 2.75 bits per heavy atom. The minimum absolute atomic E-state index is 0.0107. The molecule has 0 bridgehead atoms. The van der Waals surface area contributed by atoms with Gasteiger partial charge in [-0.25, -0.2) is 4.98 Å². The van der Waals surface area contributed by atoms with Crippen molar-refractivity contribution >= 4 is 17.3 Å². The zero-order chi connectivity index (χ0) is 14.8. The average Bonchev–Trinajstić information content (AvgIpc) is 2.44. The SMILES string of the molecule is CCCNc1ccc([N+](=O)[O-])c(NCCCOCC)n1. The molecule has 0 saturated heterocycles. The number of pyridine rings is 1. The van der Waals surface area contributed by atoms with E-state index in [0.717, 1.165) is 19.4 Å². The van der Waals surface area contributed by atoms with Crippen LogP contribution in [0.2, 0.25) is 0 Å². The lowest BCUT2D eigenvalue weighted by Gasteiger charge is -2.09. The van der Waals surface area contributed by atoms with Gasteiger partial charge in [0.15, 0.2) is 0 Å². The summed E-state index contributed by atoms with van der Waals surface area (Å²) in [6, 6.07) is 3.09. The van der Waals surface area contributed by atoms with E-state index in [4.69, 9.17) is 4.74 Å². The van der Waals surface area contributed by atoms with Gasteiger partial charge in [0.25, 0.3) is 0 Å². The molecule has 7 heteroatoms. The van der Waals surface area contributed by atoms with Crippen molar-refractivity contribution < 1.29 is 9.66 Å². The highest BCUT2D eigenvalue weighted by atomic mass is 16.6. The first-order valence-electron chi connectivity index (χ1n) is 6.90. The molecule has 20 heavy (non-hydrogen) atoms. The molecule has 0 amide bonds. The second kappa shape index (κ2) is 9.08. The Kier molecular flexibility index (Phi) is 7.34. The first-order valence-corrected chi connectivity index (χ1v) is 6.90. The minimum Gasteiger partial charge on any atom is -0.382 e. The highest BCUT2D eigenvalue weighted by Gasteiger charge is 2.15. The van der Waals surface area contributed by atoms with E-state index in [2.05, 4.69) is 15.6 Å². The van der Waals surface area contributed by atoms with Gasteiger partial charge in [-0.1, -0.05) is 6.92 Å². The summed E-state index contributed by atoms with van der Waals surface area (Å²) >= 11 is 0. The molecule has 0 aliphatic carbocycles. The summed E-state index contributed by atoms with van der Waals surface area (Å²) in [6.07, 6.45) is 1.75. The molecule has 112 valence electrons. The lowest BCUT2D eigenvalue weighted by molar-refractivity contribution is -0.384. The van der Waals surface area contributed by atoms with Gasteiger partial charge in [0.1, 0.15) is 5.82 Å². The Labute approximate surface area is 118 Å². The summed E-state index contributed by atoms with van der Waals surface area (Å²) in [5.41, 5.74) is -0.0107. The molecule has 0 aromatic carbocycles. The third-order valence-corrected chi connectivity index (χ3v) is 2.59. The number of hydrogen-bond donors (Lipinski definition) is 2. The smallest absolute Gasteiger partial charge is 0.311 e. The fourth-order valence-electron chi connectivity index (χ4n) is 1.61. The van der Waals surface area contributed by atoms with Crippen molar-refractivity contribution in [2.45, 2.75) is 26.7 Å². The molecule has 1 heterocycles. The zero-order valence-corrected chi connectivity index (χ0v) is 12.0. The molecule has 0 atom stereocenters. The molecule has 0 fully saturated rings. The number of nitrogens with one attached hydrogen (secondary N) is 2. The maximum absolute atomic E-state index is 11.0. The third-order valence-electron chi connectivity index (χ3n) is 2.59. The van der Waals surface area contributed by atoms with E-state index >= 15 is 0 Å². The second-order valence-corrected chi connectivity index (χ2v) is 4.23. The highest BCUT2D eigenvalue weighted by molar-refractivity contribution is 5.60. The molecular formula is C13H22N4O3. The van der Waals surface area contributed by atoms with E-state index in [1.165, 1.54) is 6.07 Å². The lowest BCUT2D eigenvalue weighted by atomic mass is 10.3. The number of hydrogen-bond acceptors (Lipinski definition) is 6. The van der Waals surface area contributed by atoms with Crippen LogP contribution in [0.1, 0.15) is 26.7 Å². The van der Waals surface area contributed by atoms with Crippen molar-refractivity contribution in [3.8, 4) is 0 Å². The number of anilines is 2. The van der Waals surface area contributed by atoms with Gasteiger partial charge in [0.2, 0.25) is 5.82 Å². The van der Waals surface area contributed by atoms with Crippen LogP contribution in [0.15, 0.2) is 12.1 Å². The fourth-order valence-corrected chi connectivity index (χ4v) is 1.61. The van der Waals surface area contributed by atoms with Crippen LogP contribution in [0.5, 0.6) is 0 Å². The molecule has 1 aromatic heterocycles. The fraction of sp³-hybridized carbons (Fsp3) is 0.615. The summed E-state index contributed by atoms with van der Waals surface area (Å²) in [4.78, 5) is 14.8. The monoisotopic (exact) mass is 282 g/mol. The first-order chi connectivity index (χ1) is 9.69. The van der Waals surface area contributed by atoms with Crippen LogP contribution < -0.4 is 10.6 Å². The van der Waals surface area contributed by atoms with E-state index in [-0.39, 0.29) is 5.69 Å². The summed E-state index contributed by atoms with van der Waals surface area (Å²) < 4.78 is 5.22. The van der Waals surface area contributed by atoms with Gasteiger partial charge >= 0.3 is 5.69 Å². The van der Waals surface area contributed by atoms with Gasteiger partial charge < -0.3 is 15.4 Å². The van der Waals surface area contributed by atoms with Gasteiger partial charge in [-0.2, -0.15) is 0 Å². The first kappa shape index (κ1) is 16.2. The molecule has 0 spiro atoms. The Balaban J connectivity index is 2.65. The summed E-state index contributed by atoms with van der Waals surface area (Å²) in [5.74, 6) is 0.942. The molecule has 7 nitrogen and oxygen atoms in total. The maximum atomic E-state index is 11.0. The molecular weight excluding hydrogens is 260 g/mol. The predicted molar refractivity (Wildman–Crippen MR) is 79.3 cm³/mol. The molecule has 0 radical (unpaired) electrons. The molecule has 2 N–H and O–H groups in total. The zero-order valence-electron chi connectivity index (χ0n) is 12.0. The topological polar surface area (TPSA) is 89.3 Å². The summed E-state index contributed by atoms with van der Waals surface area (Å²) in [6.45, 7) is 6.66.